The van der Waals surface area contributed by atoms with Gasteiger partial charge in [-0.25, -0.2) is 0 Å². The summed E-state index contributed by atoms with van der Waals surface area (Å²) in [4.78, 5) is 0. The number of allylic oxidation sites excluding steroid dienone is 4. The van der Waals surface area contributed by atoms with Crippen LogP contribution in [0.3, 0.4) is 0 Å². The van der Waals surface area contributed by atoms with Crippen LogP contribution in [0.4, 0.5) is 0 Å². The summed E-state index contributed by atoms with van der Waals surface area (Å²) in [6, 6.07) is 10.5. The van der Waals surface area contributed by atoms with Crippen LogP contribution in [0.5, 0.6) is 0 Å². The fraction of sp³-hybridized carbons (Fsp3) is 0.190. The number of rotatable bonds is 8. The molecule has 1 aromatic carbocycles. The Kier molecular flexibility index (Phi) is 6.38. The third kappa shape index (κ3) is 4.85. The van der Waals surface area contributed by atoms with E-state index in [2.05, 4.69) is 59.8 Å². The van der Waals surface area contributed by atoms with Gasteiger partial charge >= 0.3 is 0 Å². The van der Waals surface area contributed by atoms with E-state index in [4.69, 9.17) is 0 Å². The van der Waals surface area contributed by atoms with Gasteiger partial charge in [0.1, 0.15) is 0 Å². The molecule has 2 N–H and O–H groups in total. The normalized spacial score (nSPS) is 14.4. The zero-order chi connectivity index (χ0) is 17.4. The van der Waals surface area contributed by atoms with E-state index in [1.165, 1.54) is 5.56 Å². The van der Waals surface area contributed by atoms with Crippen molar-refractivity contribution < 1.29 is 0 Å². The van der Waals surface area contributed by atoms with Crippen LogP contribution in [0.15, 0.2) is 95.9 Å². The highest BCUT2D eigenvalue weighted by Gasteiger charge is 2.14. The lowest BCUT2D eigenvalue weighted by Crippen LogP contribution is -2.24. The van der Waals surface area contributed by atoms with Crippen LogP contribution in [0.1, 0.15) is 18.9 Å². The average molecular weight is 319 g/mol. The maximum Gasteiger partial charge on any atom is 0.0870 e. The highest BCUT2D eigenvalue weighted by atomic mass is 15.3. The first-order valence-corrected chi connectivity index (χ1v) is 8.13. The van der Waals surface area contributed by atoms with Crippen LogP contribution in [-0.4, -0.2) is 12.3 Å². The lowest BCUT2D eigenvalue weighted by molar-refractivity contribution is 0.726. The van der Waals surface area contributed by atoms with E-state index >= 15 is 0 Å². The van der Waals surface area contributed by atoms with Gasteiger partial charge in [-0.1, -0.05) is 62.2 Å². The monoisotopic (exact) mass is 319 g/mol. The Morgan fingerprint density at radius 3 is 2.75 bits per heavy atom. The van der Waals surface area contributed by atoms with E-state index in [1.54, 1.807) is 6.08 Å². The van der Waals surface area contributed by atoms with Gasteiger partial charge in [0.05, 0.1) is 11.4 Å². The highest BCUT2D eigenvalue weighted by molar-refractivity contribution is 6.09. The Morgan fingerprint density at radius 2 is 2.04 bits per heavy atom. The van der Waals surface area contributed by atoms with Gasteiger partial charge in [-0.2, -0.15) is 5.10 Å². The maximum atomic E-state index is 4.30. The minimum Gasteiger partial charge on any atom is -0.385 e. The number of hydrogen-bond donors (Lipinski definition) is 2. The molecule has 1 aliphatic heterocycles. The van der Waals surface area contributed by atoms with Crippen LogP contribution in [0.25, 0.3) is 0 Å². The fourth-order valence-corrected chi connectivity index (χ4v) is 2.45. The van der Waals surface area contributed by atoms with Crippen molar-refractivity contribution in [3.8, 4) is 0 Å². The van der Waals surface area contributed by atoms with Gasteiger partial charge in [-0.05, 0) is 37.0 Å². The van der Waals surface area contributed by atoms with E-state index in [0.29, 0.717) is 0 Å². The lowest BCUT2D eigenvalue weighted by Gasteiger charge is -2.20. The molecule has 0 aromatic heterocycles. The molecule has 0 spiro atoms. The van der Waals surface area contributed by atoms with E-state index in [9.17, 15) is 0 Å². The second-order valence-corrected chi connectivity index (χ2v) is 5.73. The van der Waals surface area contributed by atoms with Crippen LogP contribution in [0, 0.1) is 0 Å². The summed E-state index contributed by atoms with van der Waals surface area (Å²) >= 11 is 0. The molecule has 0 radical (unpaired) electrons. The standard InChI is InChI=1S/C21H25N3/c1-5-10-16(2)21-15-20(18(4)23-24-21)17(3)22-14-9-13-19-11-7-6-8-12-19/h5-8,10-12,15,22-23H,1,3-4,9,13-14H2,2H3/b16-10+. The van der Waals surface area contributed by atoms with E-state index in [1.807, 2.05) is 25.1 Å². The molecule has 0 aliphatic carbocycles. The van der Waals surface area contributed by atoms with E-state index < -0.39 is 0 Å². The number of hydrazone groups is 1. The summed E-state index contributed by atoms with van der Waals surface area (Å²) in [5, 5.41) is 7.69. The summed E-state index contributed by atoms with van der Waals surface area (Å²) in [7, 11) is 0. The second-order valence-electron chi connectivity index (χ2n) is 5.73. The molecule has 1 aliphatic rings. The fourth-order valence-electron chi connectivity index (χ4n) is 2.45. The minimum absolute atomic E-state index is 0.755. The molecule has 2 rings (SSSR count). The number of hydrogen-bond acceptors (Lipinski definition) is 3. The van der Waals surface area contributed by atoms with Crippen molar-refractivity contribution in [2.45, 2.75) is 19.8 Å². The van der Waals surface area contributed by atoms with Crippen LogP contribution >= 0.6 is 0 Å². The molecule has 1 heterocycles. The Morgan fingerprint density at radius 1 is 1.29 bits per heavy atom. The van der Waals surface area contributed by atoms with Gasteiger partial charge in [0.15, 0.2) is 0 Å². The molecule has 0 saturated heterocycles. The highest BCUT2D eigenvalue weighted by Crippen LogP contribution is 2.18. The van der Waals surface area contributed by atoms with E-state index in [-0.39, 0.29) is 0 Å². The predicted molar refractivity (Wildman–Crippen MR) is 104 cm³/mol. The van der Waals surface area contributed by atoms with Crippen LogP contribution < -0.4 is 10.7 Å². The van der Waals surface area contributed by atoms with Crippen LogP contribution in [0.2, 0.25) is 0 Å². The van der Waals surface area contributed by atoms with Gasteiger partial charge in [0.25, 0.3) is 0 Å². The maximum absolute atomic E-state index is 4.30. The molecule has 1 aromatic rings. The third-order valence-electron chi connectivity index (χ3n) is 3.84. The zero-order valence-electron chi connectivity index (χ0n) is 14.3. The molecule has 3 heteroatoms. The van der Waals surface area contributed by atoms with Crippen molar-refractivity contribution in [2.24, 2.45) is 5.10 Å². The molecular formula is C21H25N3. The third-order valence-corrected chi connectivity index (χ3v) is 3.84. The minimum atomic E-state index is 0.755. The Hall–Kier alpha value is -2.81. The molecule has 0 unspecified atom stereocenters. The van der Waals surface area contributed by atoms with Crippen molar-refractivity contribution >= 4 is 5.71 Å². The number of aryl methyl sites for hydroxylation is 1. The first kappa shape index (κ1) is 17.5. The summed E-state index contributed by atoms with van der Waals surface area (Å²) in [5.41, 5.74) is 8.80. The number of benzene rings is 1. The second kappa shape index (κ2) is 8.73. The summed E-state index contributed by atoms with van der Waals surface area (Å²) in [6.45, 7) is 14.7. The smallest absolute Gasteiger partial charge is 0.0870 e. The first-order valence-electron chi connectivity index (χ1n) is 8.13. The molecule has 0 saturated carbocycles. The molecule has 0 fully saturated rings. The van der Waals surface area contributed by atoms with Gasteiger partial charge in [-0.15, -0.1) is 0 Å². The van der Waals surface area contributed by atoms with Gasteiger partial charge in [0.2, 0.25) is 0 Å². The van der Waals surface area contributed by atoms with Crippen molar-refractivity contribution in [2.75, 3.05) is 6.54 Å². The van der Waals surface area contributed by atoms with Crippen molar-refractivity contribution in [3.05, 3.63) is 96.4 Å². The van der Waals surface area contributed by atoms with Gasteiger partial charge < -0.3 is 5.32 Å². The molecule has 0 bridgehead atoms. The van der Waals surface area contributed by atoms with Crippen molar-refractivity contribution in [1.29, 1.82) is 0 Å². The lowest BCUT2D eigenvalue weighted by atomic mass is 10.0. The summed E-state index contributed by atoms with van der Waals surface area (Å²) in [6.07, 6.45) is 7.78. The molecule has 24 heavy (non-hydrogen) atoms. The van der Waals surface area contributed by atoms with Crippen molar-refractivity contribution in [1.82, 2.24) is 10.7 Å². The zero-order valence-corrected chi connectivity index (χ0v) is 14.3. The number of nitrogens with one attached hydrogen (secondary N) is 2. The Balaban J connectivity index is 1.90. The SMILES string of the molecule is C=C/C=C(\C)C1=NNC(=C)C(C(=C)NCCCc2ccccc2)=C1. The Labute approximate surface area is 144 Å². The largest absolute Gasteiger partial charge is 0.385 e. The summed E-state index contributed by atoms with van der Waals surface area (Å²) < 4.78 is 0. The Bertz CT molecular complexity index is 706. The quantitative estimate of drug-likeness (QED) is 0.555. The molecule has 3 nitrogen and oxygen atoms in total. The average Bonchev–Trinajstić information content (AvgIpc) is 2.60. The number of nitrogens with zero attached hydrogens (tertiary/aromatic N) is 1. The molecule has 124 valence electrons. The first-order chi connectivity index (χ1) is 11.6. The molecule has 0 atom stereocenters. The molecule has 0 amide bonds. The topological polar surface area (TPSA) is 36.4 Å². The van der Waals surface area contributed by atoms with Crippen LogP contribution in [-0.2, 0) is 6.42 Å². The van der Waals surface area contributed by atoms with Gasteiger partial charge in [-0.3, -0.25) is 5.43 Å². The predicted octanol–water partition coefficient (Wildman–Crippen LogP) is 4.25. The summed E-state index contributed by atoms with van der Waals surface area (Å²) in [5.74, 6) is 0. The van der Waals surface area contributed by atoms with Crippen molar-refractivity contribution in [3.63, 3.8) is 0 Å². The van der Waals surface area contributed by atoms with Gasteiger partial charge in [0, 0.05) is 17.8 Å². The van der Waals surface area contributed by atoms with E-state index in [0.717, 1.165) is 47.6 Å². The molecular weight excluding hydrogens is 294 g/mol.